The molecule has 100 valence electrons. The molecular formula is C12H13FN4O2. The molecule has 19 heavy (non-hydrogen) atoms. The van der Waals surface area contributed by atoms with E-state index in [1.807, 2.05) is 6.92 Å². The van der Waals surface area contributed by atoms with Gasteiger partial charge in [0.2, 0.25) is 0 Å². The molecule has 0 aliphatic heterocycles. The summed E-state index contributed by atoms with van der Waals surface area (Å²) in [6.07, 6.45) is 3.36. The van der Waals surface area contributed by atoms with Gasteiger partial charge in [-0.1, -0.05) is 0 Å². The second-order valence-electron chi connectivity index (χ2n) is 4.33. The smallest absolute Gasteiger partial charge is 0.272 e. The van der Waals surface area contributed by atoms with Crippen LogP contribution in [0.5, 0.6) is 0 Å². The third-order valence-corrected chi connectivity index (χ3v) is 2.68. The van der Waals surface area contributed by atoms with Gasteiger partial charge in [-0.2, -0.15) is 5.10 Å². The van der Waals surface area contributed by atoms with E-state index in [4.69, 9.17) is 5.73 Å². The highest BCUT2D eigenvalue weighted by Gasteiger charge is 2.11. The zero-order valence-corrected chi connectivity index (χ0v) is 10.3. The van der Waals surface area contributed by atoms with E-state index in [1.165, 1.54) is 12.1 Å². The average molecular weight is 264 g/mol. The fourth-order valence-electron chi connectivity index (χ4n) is 1.72. The van der Waals surface area contributed by atoms with Crippen molar-refractivity contribution in [3.63, 3.8) is 0 Å². The van der Waals surface area contributed by atoms with Gasteiger partial charge in [0.1, 0.15) is 5.82 Å². The molecule has 0 bridgehead atoms. The van der Waals surface area contributed by atoms with Crippen LogP contribution in [0.1, 0.15) is 24.1 Å². The monoisotopic (exact) mass is 264 g/mol. The predicted molar refractivity (Wildman–Crippen MR) is 67.0 cm³/mol. The first-order valence-electron chi connectivity index (χ1n) is 5.67. The molecule has 2 N–H and O–H groups in total. The number of hydrogen-bond donors (Lipinski definition) is 1. The molecule has 6 nitrogen and oxygen atoms in total. The highest BCUT2D eigenvalue weighted by Crippen LogP contribution is 2.17. The molecule has 2 rings (SSSR count). The third-order valence-electron chi connectivity index (χ3n) is 2.68. The molecule has 1 atom stereocenters. The number of nitrogens with zero attached hydrogens (tertiary/aromatic N) is 3. The maximum Gasteiger partial charge on any atom is 0.272 e. The quantitative estimate of drug-likeness (QED) is 0.675. The molecule has 0 saturated carbocycles. The van der Waals surface area contributed by atoms with Crippen LogP contribution in [0.3, 0.4) is 0 Å². The van der Waals surface area contributed by atoms with Crippen LogP contribution < -0.4 is 5.73 Å². The molecule has 0 radical (unpaired) electrons. The number of non-ortho nitro benzene ring substituents is 1. The standard InChI is InChI=1S/C12H13FN4O2/c1-8(14)10-5-15-16(7-10)6-9-2-11(13)4-12(3-9)17(18)19/h2-5,7-8H,6,14H2,1H3. The molecule has 0 spiro atoms. The zero-order chi connectivity index (χ0) is 14.0. The molecule has 1 aromatic heterocycles. The molecule has 0 amide bonds. The Bertz CT molecular complexity index is 610. The summed E-state index contributed by atoms with van der Waals surface area (Å²) in [5.41, 5.74) is 6.77. The summed E-state index contributed by atoms with van der Waals surface area (Å²) in [4.78, 5) is 10.0. The highest BCUT2D eigenvalue weighted by molar-refractivity contribution is 5.35. The largest absolute Gasteiger partial charge is 0.324 e. The van der Waals surface area contributed by atoms with Crippen molar-refractivity contribution in [3.8, 4) is 0 Å². The lowest BCUT2D eigenvalue weighted by atomic mass is 10.2. The van der Waals surface area contributed by atoms with Crippen LogP contribution in [-0.2, 0) is 6.54 Å². The first-order chi connectivity index (χ1) is 8.95. The summed E-state index contributed by atoms with van der Waals surface area (Å²) >= 11 is 0. The molecule has 0 aliphatic rings. The number of rotatable bonds is 4. The van der Waals surface area contributed by atoms with Gasteiger partial charge in [-0.25, -0.2) is 4.39 Å². The van der Waals surface area contributed by atoms with E-state index in [-0.39, 0.29) is 18.3 Å². The number of nitro groups is 1. The summed E-state index contributed by atoms with van der Waals surface area (Å²) < 4.78 is 14.8. The average Bonchev–Trinajstić information content (AvgIpc) is 2.76. The Balaban J connectivity index is 2.24. The summed E-state index contributed by atoms with van der Waals surface area (Å²) in [6.45, 7) is 2.08. The van der Waals surface area contributed by atoms with Crippen molar-refractivity contribution in [2.24, 2.45) is 5.73 Å². The van der Waals surface area contributed by atoms with Gasteiger partial charge in [0, 0.05) is 23.9 Å². The van der Waals surface area contributed by atoms with E-state index in [0.717, 1.165) is 11.6 Å². The van der Waals surface area contributed by atoms with Gasteiger partial charge in [0.05, 0.1) is 23.7 Å². The van der Waals surface area contributed by atoms with Gasteiger partial charge >= 0.3 is 0 Å². The molecular weight excluding hydrogens is 251 g/mol. The summed E-state index contributed by atoms with van der Waals surface area (Å²) in [5, 5.41) is 14.7. The third kappa shape index (κ3) is 3.14. The fraction of sp³-hybridized carbons (Fsp3) is 0.250. The van der Waals surface area contributed by atoms with Gasteiger partial charge in [0.25, 0.3) is 5.69 Å². The van der Waals surface area contributed by atoms with E-state index in [9.17, 15) is 14.5 Å². The SMILES string of the molecule is CC(N)c1cnn(Cc2cc(F)cc([N+](=O)[O-])c2)c1. The number of hydrogen-bond acceptors (Lipinski definition) is 4. The van der Waals surface area contributed by atoms with E-state index in [1.54, 1.807) is 17.1 Å². The van der Waals surface area contributed by atoms with Crippen molar-refractivity contribution < 1.29 is 9.31 Å². The fourth-order valence-corrected chi connectivity index (χ4v) is 1.72. The Labute approximate surface area is 108 Å². The molecule has 0 aliphatic carbocycles. The number of aromatic nitrogens is 2. The second-order valence-corrected chi connectivity index (χ2v) is 4.33. The second kappa shape index (κ2) is 5.15. The van der Waals surface area contributed by atoms with Crippen molar-refractivity contribution in [3.05, 3.63) is 57.7 Å². The van der Waals surface area contributed by atoms with Crippen molar-refractivity contribution >= 4 is 5.69 Å². The molecule has 2 aromatic rings. The summed E-state index contributed by atoms with van der Waals surface area (Å²) in [5.74, 6) is -0.635. The van der Waals surface area contributed by atoms with Crippen LogP contribution in [0.4, 0.5) is 10.1 Å². The summed E-state index contributed by atoms with van der Waals surface area (Å²) in [6, 6.07) is 3.33. The van der Waals surface area contributed by atoms with Crippen molar-refractivity contribution in [2.45, 2.75) is 19.5 Å². The number of nitro benzene ring substituents is 1. The van der Waals surface area contributed by atoms with Crippen LogP contribution in [-0.4, -0.2) is 14.7 Å². The normalized spacial score (nSPS) is 12.4. The van der Waals surface area contributed by atoms with E-state index >= 15 is 0 Å². The molecule has 1 heterocycles. The van der Waals surface area contributed by atoms with Gasteiger partial charge in [-0.3, -0.25) is 14.8 Å². The lowest BCUT2D eigenvalue weighted by molar-refractivity contribution is -0.385. The van der Waals surface area contributed by atoms with Crippen molar-refractivity contribution in [2.75, 3.05) is 0 Å². The van der Waals surface area contributed by atoms with Gasteiger partial charge in [-0.15, -0.1) is 0 Å². The first kappa shape index (κ1) is 13.2. The van der Waals surface area contributed by atoms with Crippen LogP contribution >= 0.6 is 0 Å². The van der Waals surface area contributed by atoms with Crippen LogP contribution in [0.25, 0.3) is 0 Å². The van der Waals surface area contributed by atoms with Crippen molar-refractivity contribution in [1.29, 1.82) is 0 Å². The maximum atomic E-state index is 13.3. The first-order valence-corrected chi connectivity index (χ1v) is 5.67. The van der Waals surface area contributed by atoms with Gasteiger partial charge in [-0.05, 0) is 18.6 Å². The zero-order valence-electron chi connectivity index (χ0n) is 10.3. The molecule has 7 heteroatoms. The topological polar surface area (TPSA) is 87.0 Å². The molecule has 1 aromatic carbocycles. The highest BCUT2D eigenvalue weighted by atomic mass is 19.1. The van der Waals surface area contributed by atoms with Gasteiger partial charge in [0.15, 0.2) is 0 Å². The van der Waals surface area contributed by atoms with Gasteiger partial charge < -0.3 is 5.73 Å². The Morgan fingerprint density at radius 3 is 2.84 bits per heavy atom. The Kier molecular flexibility index (Phi) is 3.57. The van der Waals surface area contributed by atoms with Crippen LogP contribution in [0, 0.1) is 15.9 Å². The molecule has 0 saturated heterocycles. The van der Waals surface area contributed by atoms with Crippen molar-refractivity contribution in [1.82, 2.24) is 9.78 Å². The molecule has 1 unspecified atom stereocenters. The van der Waals surface area contributed by atoms with Crippen LogP contribution in [0.2, 0.25) is 0 Å². The lowest BCUT2D eigenvalue weighted by Crippen LogP contribution is -2.04. The van der Waals surface area contributed by atoms with Crippen LogP contribution in [0.15, 0.2) is 30.6 Å². The number of nitrogens with two attached hydrogens (primary N) is 1. The number of benzene rings is 1. The Morgan fingerprint density at radius 2 is 2.26 bits per heavy atom. The number of halogens is 1. The molecule has 0 fully saturated rings. The Morgan fingerprint density at radius 1 is 1.53 bits per heavy atom. The predicted octanol–water partition coefficient (Wildman–Crippen LogP) is 2.00. The minimum Gasteiger partial charge on any atom is -0.324 e. The maximum absolute atomic E-state index is 13.3. The Hall–Kier alpha value is -2.28. The summed E-state index contributed by atoms with van der Waals surface area (Å²) in [7, 11) is 0. The van der Waals surface area contributed by atoms with E-state index in [2.05, 4.69) is 5.10 Å². The van der Waals surface area contributed by atoms with E-state index in [0.29, 0.717) is 5.56 Å². The lowest BCUT2D eigenvalue weighted by Gasteiger charge is -2.03. The minimum atomic E-state index is -0.635. The minimum absolute atomic E-state index is 0.143. The van der Waals surface area contributed by atoms with E-state index < -0.39 is 10.7 Å².